The van der Waals surface area contributed by atoms with Gasteiger partial charge in [0.05, 0.1) is 11.7 Å². The van der Waals surface area contributed by atoms with Crippen molar-refractivity contribution in [2.24, 2.45) is 4.99 Å². The Morgan fingerprint density at radius 1 is 1.15 bits per heavy atom. The molecule has 2 heterocycles. The highest BCUT2D eigenvalue weighted by atomic mass is 127. The van der Waals surface area contributed by atoms with Gasteiger partial charge in [-0.15, -0.1) is 24.0 Å². The van der Waals surface area contributed by atoms with Gasteiger partial charge in [-0.05, 0) is 49.7 Å². The lowest BCUT2D eigenvalue weighted by Gasteiger charge is -2.16. The number of benzene rings is 1. The SMILES string of the molecule is CN=C(NCc1cccc(-c2ccccn2)c1)NC(C)c1ccc(C)o1.I. The number of hydrogen-bond acceptors (Lipinski definition) is 3. The first-order valence-corrected chi connectivity index (χ1v) is 8.69. The highest BCUT2D eigenvalue weighted by molar-refractivity contribution is 14.0. The largest absolute Gasteiger partial charge is 0.464 e. The molecule has 0 radical (unpaired) electrons. The average molecular weight is 476 g/mol. The van der Waals surface area contributed by atoms with E-state index < -0.39 is 0 Å². The van der Waals surface area contributed by atoms with Crippen LogP contribution in [0.25, 0.3) is 11.3 Å². The van der Waals surface area contributed by atoms with Crippen LogP contribution >= 0.6 is 24.0 Å². The smallest absolute Gasteiger partial charge is 0.191 e. The summed E-state index contributed by atoms with van der Waals surface area (Å²) in [6, 6.07) is 18.3. The summed E-state index contributed by atoms with van der Waals surface area (Å²) in [5, 5.41) is 6.69. The summed E-state index contributed by atoms with van der Waals surface area (Å²) in [6.45, 7) is 4.66. The van der Waals surface area contributed by atoms with E-state index in [-0.39, 0.29) is 30.0 Å². The fourth-order valence-corrected chi connectivity index (χ4v) is 2.72. The Kier molecular flexibility index (Phi) is 7.84. The Balaban J connectivity index is 0.00000261. The van der Waals surface area contributed by atoms with Crippen LogP contribution in [0.4, 0.5) is 0 Å². The molecule has 0 spiro atoms. The zero-order valence-corrected chi connectivity index (χ0v) is 18.1. The zero-order chi connectivity index (χ0) is 18.4. The predicted octanol–water partition coefficient (Wildman–Crippen LogP) is 4.69. The molecule has 3 rings (SSSR count). The van der Waals surface area contributed by atoms with E-state index in [0.717, 1.165) is 34.3 Å². The Morgan fingerprint density at radius 3 is 2.67 bits per heavy atom. The van der Waals surface area contributed by atoms with E-state index in [1.165, 1.54) is 0 Å². The van der Waals surface area contributed by atoms with Crippen LogP contribution in [0.3, 0.4) is 0 Å². The third-order valence-corrected chi connectivity index (χ3v) is 4.11. The molecule has 0 saturated heterocycles. The van der Waals surface area contributed by atoms with Crippen LogP contribution in [-0.4, -0.2) is 18.0 Å². The second-order valence-electron chi connectivity index (χ2n) is 6.16. The molecule has 0 aliphatic rings. The molecule has 0 aliphatic heterocycles. The van der Waals surface area contributed by atoms with E-state index in [9.17, 15) is 0 Å². The van der Waals surface area contributed by atoms with Gasteiger partial charge < -0.3 is 15.1 Å². The van der Waals surface area contributed by atoms with E-state index >= 15 is 0 Å². The summed E-state index contributed by atoms with van der Waals surface area (Å²) < 4.78 is 5.67. The van der Waals surface area contributed by atoms with Crippen LogP contribution in [0, 0.1) is 6.92 Å². The van der Waals surface area contributed by atoms with Crippen molar-refractivity contribution in [1.29, 1.82) is 0 Å². The highest BCUT2D eigenvalue weighted by Gasteiger charge is 2.11. The van der Waals surface area contributed by atoms with Crippen LogP contribution in [0.2, 0.25) is 0 Å². The highest BCUT2D eigenvalue weighted by Crippen LogP contribution is 2.18. The summed E-state index contributed by atoms with van der Waals surface area (Å²) >= 11 is 0. The molecule has 1 unspecified atom stereocenters. The molecule has 142 valence electrons. The maximum absolute atomic E-state index is 5.67. The first kappa shape index (κ1) is 21.0. The molecule has 3 aromatic rings. The molecule has 27 heavy (non-hydrogen) atoms. The number of halogens is 1. The average Bonchev–Trinajstić information content (AvgIpc) is 3.12. The number of nitrogens with one attached hydrogen (secondary N) is 2. The van der Waals surface area contributed by atoms with Crippen molar-refractivity contribution >= 4 is 29.9 Å². The van der Waals surface area contributed by atoms with Crippen molar-refractivity contribution in [3.05, 3.63) is 77.9 Å². The second-order valence-corrected chi connectivity index (χ2v) is 6.16. The van der Waals surface area contributed by atoms with Crippen molar-refractivity contribution in [3.63, 3.8) is 0 Å². The van der Waals surface area contributed by atoms with Gasteiger partial charge >= 0.3 is 0 Å². The number of hydrogen-bond donors (Lipinski definition) is 2. The first-order chi connectivity index (χ1) is 12.7. The second kappa shape index (κ2) is 10.1. The van der Waals surface area contributed by atoms with Gasteiger partial charge in [0, 0.05) is 25.4 Å². The normalized spacial score (nSPS) is 12.2. The fraction of sp³-hybridized carbons (Fsp3) is 0.238. The number of rotatable bonds is 5. The number of aliphatic imine (C=N–C) groups is 1. The fourth-order valence-electron chi connectivity index (χ4n) is 2.72. The summed E-state index contributed by atoms with van der Waals surface area (Å²) in [5.74, 6) is 2.53. The third kappa shape index (κ3) is 5.82. The summed E-state index contributed by atoms with van der Waals surface area (Å²) in [4.78, 5) is 8.71. The zero-order valence-electron chi connectivity index (χ0n) is 15.8. The number of pyridine rings is 1. The molecule has 1 atom stereocenters. The van der Waals surface area contributed by atoms with Crippen LogP contribution in [0.1, 0.15) is 30.0 Å². The third-order valence-electron chi connectivity index (χ3n) is 4.11. The minimum atomic E-state index is 0. The quantitative estimate of drug-likeness (QED) is 0.319. The molecular weight excluding hydrogens is 451 g/mol. The molecule has 0 saturated carbocycles. The van der Waals surface area contributed by atoms with Gasteiger partial charge in [0.1, 0.15) is 11.5 Å². The Labute approximate surface area is 177 Å². The summed E-state index contributed by atoms with van der Waals surface area (Å²) in [5.41, 5.74) is 3.24. The number of aromatic nitrogens is 1. The van der Waals surface area contributed by atoms with Crippen LogP contribution in [-0.2, 0) is 6.54 Å². The van der Waals surface area contributed by atoms with Crippen molar-refractivity contribution in [1.82, 2.24) is 15.6 Å². The van der Waals surface area contributed by atoms with Crippen molar-refractivity contribution < 1.29 is 4.42 Å². The van der Waals surface area contributed by atoms with E-state index in [1.54, 1.807) is 7.05 Å². The van der Waals surface area contributed by atoms with Gasteiger partial charge in [-0.25, -0.2) is 0 Å². The molecule has 0 fully saturated rings. The van der Waals surface area contributed by atoms with Crippen LogP contribution < -0.4 is 10.6 Å². The maximum Gasteiger partial charge on any atom is 0.191 e. The van der Waals surface area contributed by atoms with Crippen molar-refractivity contribution in [2.45, 2.75) is 26.4 Å². The van der Waals surface area contributed by atoms with Gasteiger partial charge in [0.25, 0.3) is 0 Å². The number of aryl methyl sites for hydroxylation is 1. The molecular formula is C21H25IN4O. The molecule has 2 N–H and O–H groups in total. The van der Waals surface area contributed by atoms with Gasteiger partial charge in [-0.2, -0.15) is 0 Å². The Morgan fingerprint density at radius 2 is 2.00 bits per heavy atom. The van der Waals surface area contributed by atoms with Crippen molar-refractivity contribution in [2.75, 3.05) is 7.05 Å². The van der Waals surface area contributed by atoms with E-state index in [4.69, 9.17) is 4.42 Å². The van der Waals surface area contributed by atoms with E-state index in [1.807, 2.05) is 56.4 Å². The van der Waals surface area contributed by atoms with Crippen molar-refractivity contribution in [3.8, 4) is 11.3 Å². The van der Waals surface area contributed by atoms with Crippen LogP contribution in [0.5, 0.6) is 0 Å². The lowest BCUT2D eigenvalue weighted by molar-refractivity contribution is 0.441. The monoisotopic (exact) mass is 476 g/mol. The molecule has 6 heteroatoms. The van der Waals surface area contributed by atoms with Gasteiger partial charge in [-0.3, -0.25) is 9.98 Å². The Hall–Kier alpha value is -2.35. The molecule has 5 nitrogen and oxygen atoms in total. The Bertz CT molecular complexity index is 877. The number of guanidine groups is 1. The number of nitrogens with zero attached hydrogens (tertiary/aromatic N) is 2. The standard InChI is InChI=1S/C21H24N4O.HI/c1-15-10-11-20(26-15)16(2)25-21(22-3)24-14-17-7-6-8-18(13-17)19-9-4-5-12-23-19;/h4-13,16H,14H2,1-3H3,(H2,22,24,25);1H. The lowest BCUT2D eigenvalue weighted by atomic mass is 10.1. The minimum absolute atomic E-state index is 0. The molecule has 0 amide bonds. The summed E-state index contributed by atoms with van der Waals surface area (Å²) in [6.07, 6.45) is 1.81. The number of furan rings is 1. The molecule has 1 aromatic carbocycles. The van der Waals surface area contributed by atoms with Gasteiger partial charge in [0.15, 0.2) is 5.96 Å². The minimum Gasteiger partial charge on any atom is -0.464 e. The maximum atomic E-state index is 5.67. The predicted molar refractivity (Wildman–Crippen MR) is 120 cm³/mol. The summed E-state index contributed by atoms with van der Waals surface area (Å²) in [7, 11) is 1.76. The van der Waals surface area contributed by atoms with Crippen LogP contribution in [0.15, 0.2) is 70.2 Å². The van der Waals surface area contributed by atoms with Gasteiger partial charge in [-0.1, -0.05) is 24.3 Å². The van der Waals surface area contributed by atoms with Gasteiger partial charge in [0.2, 0.25) is 0 Å². The topological polar surface area (TPSA) is 62.5 Å². The lowest BCUT2D eigenvalue weighted by Crippen LogP contribution is -2.38. The first-order valence-electron chi connectivity index (χ1n) is 8.69. The van der Waals surface area contributed by atoms with E-state index in [2.05, 4.69) is 38.8 Å². The molecule has 0 aliphatic carbocycles. The van der Waals surface area contributed by atoms with E-state index in [0.29, 0.717) is 6.54 Å². The molecule has 2 aromatic heterocycles. The molecule has 0 bridgehead atoms.